The minimum absolute atomic E-state index is 0.0470. The first-order valence-corrected chi connectivity index (χ1v) is 3.99. The number of amides is 1. The van der Waals surface area contributed by atoms with E-state index in [1.54, 1.807) is 24.3 Å². The lowest BCUT2D eigenvalue weighted by Gasteiger charge is -2.07. The maximum atomic E-state index is 11.3. The zero-order valence-electron chi connectivity index (χ0n) is 7.81. The number of nitrogens with zero attached hydrogens (tertiary/aromatic N) is 1. The van der Waals surface area contributed by atoms with Gasteiger partial charge >= 0.3 is 0 Å². The summed E-state index contributed by atoms with van der Waals surface area (Å²) in [5.74, 6) is 14.5. The van der Waals surface area contributed by atoms with Gasteiger partial charge in [0, 0.05) is 0 Å². The van der Waals surface area contributed by atoms with E-state index >= 15 is 0 Å². The molecular formula is C8H11N5O2. The highest BCUT2D eigenvalue weighted by atomic mass is 16.6. The molecule has 80 valence electrons. The molecule has 7 nitrogen and oxygen atoms in total. The van der Waals surface area contributed by atoms with E-state index in [0.717, 1.165) is 0 Å². The van der Waals surface area contributed by atoms with Crippen molar-refractivity contribution in [1.82, 2.24) is 5.43 Å². The third kappa shape index (κ3) is 2.22. The number of carbonyl (C=O) groups excluding carboxylic acids is 1. The van der Waals surface area contributed by atoms with Gasteiger partial charge in [0.1, 0.15) is 0 Å². The van der Waals surface area contributed by atoms with Gasteiger partial charge < -0.3 is 10.7 Å². The van der Waals surface area contributed by atoms with E-state index in [9.17, 15) is 4.79 Å². The van der Waals surface area contributed by atoms with Crippen molar-refractivity contribution >= 4 is 11.8 Å². The molecule has 0 bridgehead atoms. The third-order valence-electron chi connectivity index (χ3n) is 1.76. The van der Waals surface area contributed by atoms with Crippen LogP contribution in [0.25, 0.3) is 0 Å². The fraction of sp³-hybridized carbons (Fsp3) is 0. The van der Waals surface area contributed by atoms with Crippen molar-refractivity contribution in [3.8, 4) is 0 Å². The molecule has 1 aromatic carbocycles. The Bertz CT molecular complexity index is 390. The van der Waals surface area contributed by atoms with Gasteiger partial charge in [0.15, 0.2) is 0 Å². The molecule has 1 amide bonds. The average molecular weight is 209 g/mol. The van der Waals surface area contributed by atoms with Crippen molar-refractivity contribution in [2.45, 2.75) is 0 Å². The van der Waals surface area contributed by atoms with Crippen molar-refractivity contribution in [3.63, 3.8) is 0 Å². The largest absolute Gasteiger partial charge is 0.389 e. The highest BCUT2D eigenvalue weighted by Gasteiger charge is 2.14. The topological polar surface area (TPSA) is 129 Å². The van der Waals surface area contributed by atoms with Crippen molar-refractivity contribution in [2.24, 2.45) is 22.7 Å². The highest BCUT2D eigenvalue weighted by Crippen LogP contribution is 2.09. The molecule has 1 rings (SSSR count). The maximum Gasteiger partial charge on any atom is 0.265 e. The first-order chi connectivity index (χ1) is 7.24. The van der Waals surface area contributed by atoms with Gasteiger partial charge in [-0.3, -0.25) is 10.2 Å². The fourth-order valence-electron chi connectivity index (χ4n) is 1.11. The van der Waals surface area contributed by atoms with E-state index in [4.69, 9.17) is 17.6 Å². The summed E-state index contributed by atoms with van der Waals surface area (Å²) >= 11 is 0. The highest BCUT2D eigenvalue weighted by molar-refractivity contribution is 6.06. The van der Waals surface area contributed by atoms with Gasteiger partial charge in [0.2, 0.25) is 0 Å². The predicted octanol–water partition coefficient (Wildman–Crippen LogP) is -1.20. The number of hydrogen-bond donors (Lipinski definition) is 4. The smallest absolute Gasteiger partial charge is 0.265 e. The Hall–Kier alpha value is -2.12. The van der Waals surface area contributed by atoms with Crippen LogP contribution < -0.4 is 23.0 Å². The zero-order chi connectivity index (χ0) is 11.3. The summed E-state index contributed by atoms with van der Waals surface area (Å²) in [5.41, 5.74) is 2.63. The summed E-state index contributed by atoms with van der Waals surface area (Å²) in [6, 6.07) is 6.48. The van der Waals surface area contributed by atoms with Crippen LogP contribution in [0.1, 0.15) is 15.9 Å². The van der Waals surface area contributed by atoms with E-state index in [-0.39, 0.29) is 11.5 Å². The molecule has 1 aromatic rings. The zero-order valence-corrected chi connectivity index (χ0v) is 7.81. The summed E-state index contributed by atoms with van der Waals surface area (Å²) in [6.45, 7) is 0. The van der Waals surface area contributed by atoms with Crippen LogP contribution in [-0.4, -0.2) is 11.8 Å². The Morgan fingerprint density at radius 2 is 1.93 bits per heavy atom. The van der Waals surface area contributed by atoms with Crippen LogP contribution in [0.2, 0.25) is 0 Å². The van der Waals surface area contributed by atoms with Gasteiger partial charge in [-0.25, -0.2) is 5.84 Å². The molecule has 0 aliphatic rings. The van der Waals surface area contributed by atoms with E-state index in [2.05, 4.69) is 9.94 Å². The molecule has 0 aliphatic carbocycles. The van der Waals surface area contributed by atoms with Crippen LogP contribution in [-0.2, 0) is 4.84 Å². The SMILES string of the molecule is NN=C(ON)c1ccccc1C(=O)NN. The van der Waals surface area contributed by atoms with Gasteiger partial charge in [0.05, 0.1) is 11.1 Å². The fourth-order valence-corrected chi connectivity index (χ4v) is 1.11. The average Bonchev–Trinajstić information content (AvgIpc) is 2.30. The normalized spacial score (nSPS) is 10.9. The molecule has 0 radical (unpaired) electrons. The molecule has 0 heterocycles. The number of nitrogens with two attached hydrogens (primary N) is 3. The Labute approximate surface area is 85.8 Å². The summed E-state index contributed by atoms with van der Waals surface area (Å²) in [6.07, 6.45) is 0. The minimum atomic E-state index is -0.483. The lowest BCUT2D eigenvalue weighted by molar-refractivity contribution is 0.0953. The predicted molar refractivity (Wildman–Crippen MR) is 54.1 cm³/mol. The monoisotopic (exact) mass is 209 g/mol. The van der Waals surface area contributed by atoms with Crippen LogP contribution in [0.15, 0.2) is 29.4 Å². The number of nitrogen functional groups attached to an aromatic ring is 1. The molecule has 0 spiro atoms. The molecule has 7 N–H and O–H groups in total. The number of hydrogen-bond acceptors (Lipinski definition) is 6. The summed E-state index contributed by atoms with van der Waals surface area (Å²) in [7, 11) is 0. The van der Waals surface area contributed by atoms with Crippen LogP contribution in [0.3, 0.4) is 0 Å². The third-order valence-corrected chi connectivity index (χ3v) is 1.76. The molecule has 0 aliphatic heterocycles. The Balaban J connectivity index is 3.23. The van der Waals surface area contributed by atoms with E-state index < -0.39 is 5.91 Å². The van der Waals surface area contributed by atoms with Crippen LogP contribution >= 0.6 is 0 Å². The summed E-state index contributed by atoms with van der Waals surface area (Å²) < 4.78 is 0. The van der Waals surface area contributed by atoms with Gasteiger partial charge in [-0.15, -0.1) is 5.10 Å². The number of rotatable bonds is 2. The van der Waals surface area contributed by atoms with Crippen molar-refractivity contribution < 1.29 is 9.63 Å². The first-order valence-electron chi connectivity index (χ1n) is 3.99. The van der Waals surface area contributed by atoms with Gasteiger partial charge in [0.25, 0.3) is 11.8 Å². The van der Waals surface area contributed by atoms with Crippen molar-refractivity contribution in [2.75, 3.05) is 0 Å². The van der Waals surface area contributed by atoms with Crippen LogP contribution in [0.4, 0.5) is 0 Å². The van der Waals surface area contributed by atoms with Gasteiger partial charge in [-0.2, -0.15) is 5.90 Å². The van der Waals surface area contributed by atoms with E-state index in [1.807, 2.05) is 5.43 Å². The number of carbonyl (C=O) groups is 1. The lowest BCUT2D eigenvalue weighted by atomic mass is 10.1. The molecule has 7 heteroatoms. The summed E-state index contributed by atoms with van der Waals surface area (Å²) in [5, 5.41) is 3.30. The van der Waals surface area contributed by atoms with Gasteiger partial charge in [-0.1, -0.05) is 12.1 Å². The lowest BCUT2D eigenvalue weighted by Crippen LogP contribution is -2.32. The second kappa shape index (κ2) is 4.94. The number of hydrazine groups is 1. The Kier molecular flexibility index (Phi) is 3.61. The molecule has 0 saturated heterocycles. The molecule has 0 atom stereocenters. The Morgan fingerprint density at radius 3 is 2.40 bits per heavy atom. The van der Waals surface area contributed by atoms with Crippen molar-refractivity contribution in [3.05, 3.63) is 35.4 Å². The minimum Gasteiger partial charge on any atom is -0.389 e. The Morgan fingerprint density at radius 1 is 1.33 bits per heavy atom. The van der Waals surface area contributed by atoms with Crippen LogP contribution in [0, 0.1) is 0 Å². The number of hydrazone groups is 1. The first kappa shape index (κ1) is 11.0. The quantitative estimate of drug-likeness (QED) is 0.160. The number of nitrogens with one attached hydrogen (secondary N) is 1. The summed E-state index contributed by atoms with van der Waals surface area (Å²) in [4.78, 5) is 15.8. The van der Waals surface area contributed by atoms with Gasteiger partial charge in [-0.05, 0) is 12.1 Å². The van der Waals surface area contributed by atoms with E-state index in [0.29, 0.717) is 5.56 Å². The molecule has 0 aromatic heterocycles. The van der Waals surface area contributed by atoms with Crippen molar-refractivity contribution in [1.29, 1.82) is 0 Å². The second-order valence-corrected chi connectivity index (χ2v) is 2.57. The standard InChI is InChI=1S/C8H11N5O2/c9-12-7(14)5-3-1-2-4-6(5)8(13-10)15-11/h1-4H,9-11H2,(H,12,14). The molecule has 0 unspecified atom stereocenters. The molecule has 0 fully saturated rings. The molecule has 15 heavy (non-hydrogen) atoms. The number of benzene rings is 1. The second-order valence-electron chi connectivity index (χ2n) is 2.57. The molecule has 0 saturated carbocycles. The molecular weight excluding hydrogens is 198 g/mol. The maximum absolute atomic E-state index is 11.3. The van der Waals surface area contributed by atoms with E-state index in [1.165, 1.54) is 0 Å². The van der Waals surface area contributed by atoms with Crippen LogP contribution in [0.5, 0.6) is 0 Å².